The zero-order valence-electron chi connectivity index (χ0n) is 11.5. The highest BCUT2D eigenvalue weighted by atomic mass is 16.5. The highest BCUT2D eigenvalue weighted by Crippen LogP contribution is 2.19. The van der Waals surface area contributed by atoms with Crippen molar-refractivity contribution in [3.8, 4) is 5.75 Å². The van der Waals surface area contributed by atoms with Crippen LogP contribution in [0.4, 0.5) is 5.82 Å². The van der Waals surface area contributed by atoms with Crippen LogP contribution in [0.3, 0.4) is 0 Å². The Labute approximate surface area is 107 Å². The minimum atomic E-state index is -0.252. The molecule has 6 nitrogen and oxygen atoms in total. The number of anilines is 1. The largest absolute Gasteiger partial charge is 0.489 e. The van der Waals surface area contributed by atoms with Crippen LogP contribution in [0.5, 0.6) is 5.75 Å². The number of methoxy groups -OCH3 is 1. The predicted octanol–water partition coefficient (Wildman–Crippen LogP) is 0.603. The lowest BCUT2D eigenvalue weighted by atomic mass is 10.3. The van der Waals surface area contributed by atoms with Gasteiger partial charge in [-0.1, -0.05) is 13.8 Å². The molecular formula is C12H22N4O2. The second-order valence-electron chi connectivity index (χ2n) is 4.28. The number of rotatable bonds is 7. The molecule has 0 spiro atoms. The Morgan fingerprint density at radius 3 is 2.83 bits per heavy atom. The Morgan fingerprint density at radius 1 is 1.56 bits per heavy atom. The molecular weight excluding hydrogens is 232 g/mol. The van der Waals surface area contributed by atoms with Gasteiger partial charge >= 0.3 is 0 Å². The maximum absolute atomic E-state index is 11.6. The molecule has 0 aromatic carbocycles. The molecule has 0 aliphatic heterocycles. The highest BCUT2D eigenvalue weighted by Gasteiger charge is 2.14. The van der Waals surface area contributed by atoms with Crippen molar-refractivity contribution < 1.29 is 4.74 Å². The van der Waals surface area contributed by atoms with E-state index in [0.717, 1.165) is 19.6 Å². The first-order valence-corrected chi connectivity index (χ1v) is 6.20. The molecule has 1 rings (SSSR count). The summed E-state index contributed by atoms with van der Waals surface area (Å²) in [6, 6.07) is 0.442. The van der Waals surface area contributed by atoms with Gasteiger partial charge in [0.1, 0.15) is 0 Å². The number of aromatic amines is 1. The SMILES string of the molecule is CCN(CCNC(C)C)c1nc[nH]c(=O)c1OC. The maximum Gasteiger partial charge on any atom is 0.295 e. The molecule has 1 aromatic heterocycles. The lowest BCUT2D eigenvalue weighted by Crippen LogP contribution is -2.36. The normalized spacial score (nSPS) is 10.7. The zero-order valence-corrected chi connectivity index (χ0v) is 11.5. The number of ether oxygens (including phenoxy) is 1. The van der Waals surface area contributed by atoms with E-state index in [1.807, 2.05) is 11.8 Å². The maximum atomic E-state index is 11.6. The Balaban J connectivity index is 2.81. The quantitative estimate of drug-likeness (QED) is 0.746. The summed E-state index contributed by atoms with van der Waals surface area (Å²) in [6.07, 6.45) is 1.40. The van der Waals surface area contributed by atoms with Crippen molar-refractivity contribution in [1.29, 1.82) is 0 Å². The molecule has 6 heteroatoms. The van der Waals surface area contributed by atoms with Gasteiger partial charge in [0, 0.05) is 25.7 Å². The summed E-state index contributed by atoms with van der Waals surface area (Å²) >= 11 is 0. The first-order chi connectivity index (χ1) is 8.60. The monoisotopic (exact) mass is 254 g/mol. The number of nitrogens with one attached hydrogen (secondary N) is 2. The van der Waals surface area contributed by atoms with E-state index < -0.39 is 0 Å². The molecule has 0 unspecified atom stereocenters. The Morgan fingerprint density at radius 2 is 2.28 bits per heavy atom. The Kier molecular flexibility index (Phi) is 5.64. The van der Waals surface area contributed by atoms with Crippen molar-refractivity contribution >= 4 is 5.82 Å². The summed E-state index contributed by atoms with van der Waals surface area (Å²) in [7, 11) is 1.48. The fourth-order valence-corrected chi connectivity index (χ4v) is 1.69. The third-order valence-electron chi connectivity index (χ3n) is 2.61. The molecule has 0 radical (unpaired) electrons. The fraction of sp³-hybridized carbons (Fsp3) is 0.667. The molecule has 18 heavy (non-hydrogen) atoms. The van der Waals surface area contributed by atoms with Crippen LogP contribution in [0, 0.1) is 0 Å². The molecule has 0 bridgehead atoms. The molecule has 1 heterocycles. The number of H-pyrrole nitrogens is 1. The van der Waals surface area contributed by atoms with E-state index in [-0.39, 0.29) is 11.3 Å². The van der Waals surface area contributed by atoms with Crippen LogP contribution in [0.2, 0.25) is 0 Å². The minimum absolute atomic E-state index is 0.252. The molecule has 0 saturated heterocycles. The van der Waals surface area contributed by atoms with Gasteiger partial charge in [0.2, 0.25) is 5.75 Å². The average Bonchev–Trinajstić information content (AvgIpc) is 2.34. The van der Waals surface area contributed by atoms with Crippen molar-refractivity contribution in [3.05, 3.63) is 16.7 Å². The third-order valence-corrected chi connectivity index (χ3v) is 2.61. The summed E-state index contributed by atoms with van der Waals surface area (Å²) in [5.74, 6) is 0.859. The van der Waals surface area contributed by atoms with E-state index in [1.165, 1.54) is 13.4 Å². The van der Waals surface area contributed by atoms with Crippen molar-refractivity contribution in [3.63, 3.8) is 0 Å². The van der Waals surface area contributed by atoms with Crippen LogP contribution < -0.4 is 20.5 Å². The van der Waals surface area contributed by atoms with Gasteiger partial charge in [-0.3, -0.25) is 4.79 Å². The molecule has 0 amide bonds. The topological polar surface area (TPSA) is 70.2 Å². The van der Waals surface area contributed by atoms with Crippen LogP contribution in [-0.4, -0.2) is 42.8 Å². The second-order valence-corrected chi connectivity index (χ2v) is 4.28. The van der Waals surface area contributed by atoms with E-state index >= 15 is 0 Å². The van der Waals surface area contributed by atoms with Gasteiger partial charge in [-0.2, -0.15) is 0 Å². The van der Waals surface area contributed by atoms with Crippen LogP contribution in [0.25, 0.3) is 0 Å². The lowest BCUT2D eigenvalue weighted by Gasteiger charge is -2.23. The van der Waals surface area contributed by atoms with Crippen LogP contribution in [-0.2, 0) is 0 Å². The van der Waals surface area contributed by atoms with Crippen molar-refractivity contribution in [2.75, 3.05) is 31.6 Å². The Bertz CT molecular complexity index is 417. The van der Waals surface area contributed by atoms with Crippen LogP contribution in [0.15, 0.2) is 11.1 Å². The molecule has 0 saturated carbocycles. The average molecular weight is 254 g/mol. The molecule has 0 aliphatic carbocycles. The zero-order chi connectivity index (χ0) is 13.5. The molecule has 0 atom stereocenters. The van der Waals surface area contributed by atoms with Crippen molar-refractivity contribution in [2.24, 2.45) is 0 Å². The third kappa shape index (κ3) is 3.73. The number of hydrogen-bond acceptors (Lipinski definition) is 5. The van der Waals surface area contributed by atoms with Gasteiger partial charge in [-0.25, -0.2) is 4.98 Å². The van der Waals surface area contributed by atoms with Gasteiger partial charge in [0.15, 0.2) is 5.82 Å². The molecule has 1 aromatic rings. The number of aromatic nitrogens is 2. The van der Waals surface area contributed by atoms with Crippen molar-refractivity contribution in [2.45, 2.75) is 26.8 Å². The summed E-state index contributed by atoms with van der Waals surface area (Å²) in [6.45, 7) is 8.61. The summed E-state index contributed by atoms with van der Waals surface area (Å²) in [5, 5.41) is 3.34. The predicted molar refractivity (Wildman–Crippen MR) is 72.4 cm³/mol. The van der Waals surface area contributed by atoms with Gasteiger partial charge in [0.05, 0.1) is 13.4 Å². The molecule has 2 N–H and O–H groups in total. The van der Waals surface area contributed by atoms with Gasteiger partial charge in [-0.15, -0.1) is 0 Å². The number of likely N-dealkylation sites (N-methyl/N-ethyl adjacent to an activating group) is 1. The molecule has 102 valence electrons. The van der Waals surface area contributed by atoms with Gasteiger partial charge < -0.3 is 19.9 Å². The first-order valence-electron chi connectivity index (χ1n) is 6.20. The standard InChI is InChI=1S/C12H22N4O2/c1-5-16(7-6-13-9(2)3)11-10(18-4)12(17)15-8-14-11/h8-9,13H,5-7H2,1-4H3,(H,14,15,17). The van der Waals surface area contributed by atoms with E-state index in [1.54, 1.807) is 0 Å². The summed E-state index contributed by atoms with van der Waals surface area (Å²) < 4.78 is 5.12. The van der Waals surface area contributed by atoms with Gasteiger partial charge in [0.25, 0.3) is 5.56 Å². The number of hydrogen-bond donors (Lipinski definition) is 2. The minimum Gasteiger partial charge on any atom is -0.489 e. The van der Waals surface area contributed by atoms with E-state index in [4.69, 9.17) is 4.74 Å². The fourth-order valence-electron chi connectivity index (χ4n) is 1.69. The summed E-state index contributed by atoms with van der Waals surface area (Å²) in [4.78, 5) is 20.3. The smallest absolute Gasteiger partial charge is 0.295 e. The van der Waals surface area contributed by atoms with Crippen LogP contribution in [0.1, 0.15) is 20.8 Å². The van der Waals surface area contributed by atoms with Crippen LogP contribution >= 0.6 is 0 Å². The lowest BCUT2D eigenvalue weighted by molar-refractivity contribution is 0.405. The van der Waals surface area contributed by atoms with Crippen molar-refractivity contribution in [1.82, 2.24) is 15.3 Å². The first kappa shape index (κ1) is 14.5. The highest BCUT2D eigenvalue weighted by molar-refractivity contribution is 5.50. The second kappa shape index (κ2) is 7.00. The number of nitrogens with zero attached hydrogens (tertiary/aromatic N) is 2. The Hall–Kier alpha value is -1.56. The van der Waals surface area contributed by atoms with E-state index in [2.05, 4.69) is 29.1 Å². The van der Waals surface area contributed by atoms with E-state index in [9.17, 15) is 4.79 Å². The molecule has 0 fully saturated rings. The van der Waals surface area contributed by atoms with E-state index in [0.29, 0.717) is 11.9 Å². The van der Waals surface area contributed by atoms with Gasteiger partial charge in [-0.05, 0) is 6.92 Å². The molecule has 0 aliphatic rings. The summed E-state index contributed by atoms with van der Waals surface area (Å²) in [5.41, 5.74) is -0.252.